The Labute approximate surface area is 143 Å². The van der Waals surface area contributed by atoms with Gasteiger partial charge in [0.25, 0.3) is 0 Å². The molecule has 0 fully saturated rings. The topological polar surface area (TPSA) is 58.9 Å². The van der Waals surface area contributed by atoms with Crippen molar-refractivity contribution in [2.75, 3.05) is 14.2 Å². The normalized spacial score (nSPS) is 13.3. The Morgan fingerprint density at radius 2 is 1.42 bits per heavy atom. The summed E-state index contributed by atoms with van der Waals surface area (Å²) in [6.45, 7) is 4.43. The van der Waals surface area contributed by atoms with Gasteiger partial charge in [0.2, 0.25) is 5.75 Å². The lowest BCUT2D eigenvalue weighted by Gasteiger charge is -2.21. The Bertz CT molecular complexity index is 664. The van der Waals surface area contributed by atoms with Gasteiger partial charge in [0.05, 0.1) is 14.2 Å². The van der Waals surface area contributed by atoms with Crippen LogP contribution < -0.4 is 9.47 Å². The van der Waals surface area contributed by atoms with Crippen LogP contribution in [0.15, 0.2) is 36.4 Å². The zero-order valence-electron chi connectivity index (χ0n) is 14.7. The predicted molar refractivity (Wildman–Crippen MR) is 95.1 cm³/mol. The van der Waals surface area contributed by atoms with E-state index in [-0.39, 0.29) is 5.75 Å². The number of rotatable bonds is 7. The zero-order valence-corrected chi connectivity index (χ0v) is 14.7. The van der Waals surface area contributed by atoms with E-state index in [0.29, 0.717) is 29.1 Å². The van der Waals surface area contributed by atoms with Gasteiger partial charge in [-0.25, -0.2) is 0 Å². The van der Waals surface area contributed by atoms with Gasteiger partial charge in [0.15, 0.2) is 11.5 Å². The largest absolute Gasteiger partial charge is 0.508 e. The summed E-state index contributed by atoms with van der Waals surface area (Å²) in [6.07, 6.45) is 1.79. The molecule has 2 atom stereocenters. The average Bonchev–Trinajstić information content (AvgIpc) is 2.56. The van der Waals surface area contributed by atoms with Gasteiger partial charge in [-0.1, -0.05) is 26.0 Å². The molecule has 4 heteroatoms. The number of methoxy groups -OCH3 is 2. The van der Waals surface area contributed by atoms with Crippen LogP contribution in [0.1, 0.15) is 25.0 Å². The molecule has 0 saturated carbocycles. The summed E-state index contributed by atoms with van der Waals surface area (Å²) >= 11 is 0. The van der Waals surface area contributed by atoms with Gasteiger partial charge >= 0.3 is 0 Å². The van der Waals surface area contributed by atoms with Crippen molar-refractivity contribution in [1.29, 1.82) is 0 Å². The van der Waals surface area contributed by atoms with Crippen LogP contribution in [0.5, 0.6) is 23.0 Å². The first-order valence-electron chi connectivity index (χ1n) is 8.16. The van der Waals surface area contributed by atoms with Crippen molar-refractivity contribution >= 4 is 0 Å². The third-order valence-corrected chi connectivity index (χ3v) is 4.54. The number of aromatic hydroxyl groups is 2. The molecule has 2 aromatic carbocycles. The average molecular weight is 330 g/mol. The SMILES string of the molecule is COc1cc(C[C@H](C)[C@H](C)Cc2ccc(O)cc2)cc(O)c1OC. The molecule has 2 aromatic rings. The number of phenolic OH excluding ortho intramolecular Hbond substituents is 2. The summed E-state index contributed by atoms with van der Waals surface area (Å²) in [4.78, 5) is 0. The maximum atomic E-state index is 10.1. The maximum absolute atomic E-state index is 10.1. The van der Waals surface area contributed by atoms with Gasteiger partial charge in [-0.2, -0.15) is 0 Å². The molecule has 2 rings (SSSR count). The monoisotopic (exact) mass is 330 g/mol. The number of hydrogen-bond donors (Lipinski definition) is 2. The van der Waals surface area contributed by atoms with Crippen LogP contribution in [0.25, 0.3) is 0 Å². The van der Waals surface area contributed by atoms with E-state index in [1.807, 2.05) is 18.2 Å². The molecule has 24 heavy (non-hydrogen) atoms. The highest BCUT2D eigenvalue weighted by Crippen LogP contribution is 2.38. The van der Waals surface area contributed by atoms with Crippen molar-refractivity contribution in [1.82, 2.24) is 0 Å². The van der Waals surface area contributed by atoms with Crippen LogP contribution in [-0.4, -0.2) is 24.4 Å². The van der Waals surface area contributed by atoms with Gasteiger partial charge in [0, 0.05) is 0 Å². The van der Waals surface area contributed by atoms with Crippen LogP contribution in [0.4, 0.5) is 0 Å². The second kappa shape index (κ2) is 7.95. The summed E-state index contributed by atoms with van der Waals surface area (Å²) in [5.41, 5.74) is 2.23. The first kappa shape index (κ1) is 18.0. The third-order valence-electron chi connectivity index (χ3n) is 4.54. The number of hydrogen-bond acceptors (Lipinski definition) is 4. The van der Waals surface area contributed by atoms with E-state index in [4.69, 9.17) is 9.47 Å². The van der Waals surface area contributed by atoms with Crippen molar-refractivity contribution in [3.05, 3.63) is 47.5 Å². The highest BCUT2D eigenvalue weighted by molar-refractivity contribution is 5.53. The van der Waals surface area contributed by atoms with E-state index in [1.165, 1.54) is 12.7 Å². The Hall–Kier alpha value is -2.36. The fourth-order valence-electron chi connectivity index (χ4n) is 2.90. The van der Waals surface area contributed by atoms with Crippen LogP contribution in [-0.2, 0) is 12.8 Å². The molecule has 0 aliphatic rings. The molecule has 2 N–H and O–H groups in total. The highest BCUT2D eigenvalue weighted by Gasteiger charge is 2.17. The lowest BCUT2D eigenvalue weighted by atomic mass is 9.85. The maximum Gasteiger partial charge on any atom is 0.203 e. The fourth-order valence-corrected chi connectivity index (χ4v) is 2.90. The van der Waals surface area contributed by atoms with Crippen molar-refractivity contribution < 1.29 is 19.7 Å². The number of benzene rings is 2. The van der Waals surface area contributed by atoms with E-state index in [9.17, 15) is 10.2 Å². The molecule has 0 heterocycles. The van der Waals surface area contributed by atoms with Gasteiger partial charge < -0.3 is 19.7 Å². The Balaban J connectivity index is 2.06. The summed E-state index contributed by atoms with van der Waals surface area (Å²) < 4.78 is 10.5. The molecule has 0 unspecified atom stereocenters. The molecule has 0 amide bonds. The summed E-state index contributed by atoms with van der Waals surface area (Å²) in [7, 11) is 3.08. The standard InChI is InChI=1S/C20H26O4/c1-13(9-15-5-7-17(21)8-6-15)14(2)10-16-11-18(22)20(24-4)19(12-16)23-3/h5-8,11-14,21-22H,9-10H2,1-4H3/t13-,14+/m1/s1. The highest BCUT2D eigenvalue weighted by atomic mass is 16.5. The molecular weight excluding hydrogens is 304 g/mol. The van der Waals surface area contributed by atoms with Crippen LogP contribution in [0, 0.1) is 11.8 Å². The second-order valence-corrected chi connectivity index (χ2v) is 6.38. The summed E-state index contributed by atoms with van der Waals surface area (Å²) in [5.74, 6) is 2.20. The Kier molecular flexibility index (Phi) is 5.96. The minimum Gasteiger partial charge on any atom is -0.508 e. The van der Waals surface area contributed by atoms with Gasteiger partial charge in [-0.05, 0) is 60.1 Å². The molecule has 0 bridgehead atoms. The zero-order chi connectivity index (χ0) is 17.7. The van der Waals surface area contributed by atoms with Crippen molar-refractivity contribution in [2.24, 2.45) is 11.8 Å². The fraction of sp³-hybridized carbons (Fsp3) is 0.400. The lowest BCUT2D eigenvalue weighted by Crippen LogP contribution is -2.13. The van der Waals surface area contributed by atoms with Crippen molar-refractivity contribution in [3.8, 4) is 23.0 Å². The molecule has 0 aliphatic carbocycles. The van der Waals surface area contributed by atoms with Gasteiger partial charge in [-0.3, -0.25) is 0 Å². The molecule has 0 saturated heterocycles. The lowest BCUT2D eigenvalue weighted by molar-refractivity contribution is 0.331. The summed E-state index contributed by atoms with van der Waals surface area (Å²) in [5, 5.41) is 19.5. The molecule has 0 aromatic heterocycles. The van der Waals surface area contributed by atoms with Crippen LogP contribution in [0.3, 0.4) is 0 Å². The minimum absolute atomic E-state index is 0.102. The number of phenols is 2. The minimum atomic E-state index is 0.102. The second-order valence-electron chi connectivity index (χ2n) is 6.38. The summed E-state index contributed by atoms with van der Waals surface area (Å²) in [6, 6.07) is 11.0. The Morgan fingerprint density at radius 3 is 1.96 bits per heavy atom. The number of ether oxygens (including phenoxy) is 2. The first-order valence-corrected chi connectivity index (χ1v) is 8.16. The van der Waals surface area contributed by atoms with E-state index in [2.05, 4.69) is 13.8 Å². The van der Waals surface area contributed by atoms with Gasteiger partial charge in [-0.15, -0.1) is 0 Å². The molecule has 0 aliphatic heterocycles. The van der Waals surface area contributed by atoms with E-state index in [0.717, 1.165) is 18.4 Å². The van der Waals surface area contributed by atoms with E-state index >= 15 is 0 Å². The molecule has 130 valence electrons. The van der Waals surface area contributed by atoms with Crippen molar-refractivity contribution in [2.45, 2.75) is 26.7 Å². The Morgan fingerprint density at radius 1 is 0.833 bits per heavy atom. The predicted octanol–water partition coefficient (Wildman–Crippen LogP) is 4.17. The molecule has 4 nitrogen and oxygen atoms in total. The van der Waals surface area contributed by atoms with E-state index in [1.54, 1.807) is 25.3 Å². The van der Waals surface area contributed by atoms with E-state index < -0.39 is 0 Å². The van der Waals surface area contributed by atoms with Crippen LogP contribution >= 0.6 is 0 Å². The van der Waals surface area contributed by atoms with Crippen molar-refractivity contribution in [3.63, 3.8) is 0 Å². The van der Waals surface area contributed by atoms with Crippen LogP contribution in [0.2, 0.25) is 0 Å². The van der Waals surface area contributed by atoms with Gasteiger partial charge in [0.1, 0.15) is 5.75 Å². The molecular formula is C20H26O4. The quantitative estimate of drug-likeness (QED) is 0.800. The molecule has 0 spiro atoms. The third kappa shape index (κ3) is 4.34. The smallest absolute Gasteiger partial charge is 0.203 e. The molecule has 0 radical (unpaired) electrons. The first-order chi connectivity index (χ1) is 11.4.